The van der Waals surface area contributed by atoms with E-state index in [2.05, 4.69) is 0 Å². The number of ether oxygens (including phenoxy) is 1. The van der Waals surface area contributed by atoms with Crippen LogP contribution in [0.25, 0.3) is 0 Å². The van der Waals surface area contributed by atoms with Gasteiger partial charge in [-0.1, -0.05) is 11.6 Å². The molecule has 1 N–H and O–H groups in total. The molecule has 0 spiro atoms. The number of hydrogen-bond acceptors (Lipinski definition) is 3. The lowest BCUT2D eigenvalue weighted by atomic mass is 10.2. The van der Waals surface area contributed by atoms with Gasteiger partial charge in [0.2, 0.25) is 0 Å². The lowest BCUT2D eigenvalue weighted by molar-refractivity contribution is -0.125. The summed E-state index contributed by atoms with van der Waals surface area (Å²) >= 11 is 5.80. The molecule has 1 aromatic rings. The van der Waals surface area contributed by atoms with E-state index in [1.165, 1.54) is 11.0 Å². The fraction of sp³-hybridized carbons (Fsp3) is 0.300. The van der Waals surface area contributed by atoms with Crippen molar-refractivity contribution in [1.29, 1.82) is 0 Å². The summed E-state index contributed by atoms with van der Waals surface area (Å²) < 4.78 is 5.00. The molecule has 0 radical (unpaired) electrons. The van der Waals surface area contributed by atoms with Gasteiger partial charge >= 0.3 is 0 Å². The zero-order valence-corrected chi connectivity index (χ0v) is 8.70. The van der Waals surface area contributed by atoms with Crippen LogP contribution in [0.4, 0.5) is 5.69 Å². The van der Waals surface area contributed by atoms with Crippen molar-refractivity contribution >= 4 is 23.2 Å². The Morgan fingerprint density at radius 2 is 2.27 bits per heavy atom. The molecular weight excluding hydrogens is 218 g/mol. The summed E-state index contributed by atoms with van der Waals surface area (Å²) in [6.07, 6.45) is 0. The molecule has 1 amide bonds. The maximum absolute atomic E-state index is 11.5. The number of carbonyl (C=O) groups is 1. The predicted octanol–water partition coefficient (Wildman–Crippen LogP) is 1.41. The van der Waals surface area contributed by atoms with E-state index in [0.717, 1.165) is 0 Å². The van der Waals surface area contributed by atoms with Crippen molar-refractivity contribution in [3.8, 4) is 5.75 Å². The van der Waals surface area contributed by atoms with E-state index in [1.807, 2.05) is 0 Å². The second kappa shape index (κ2) is 4.08. The van der Waals surface area contributed by atoms with Crippen molar-refractivity contribution in [2.75, 3.05) is 24.7 Å². The molecular formula is C10H10ClNO3. The third-order valence-electron chi connectivity index (χ3n) is 2.21. The Hall–Kier alpha value is -1.26. The number of aromatic hydroxyl groups is 1. The van der Waals surface area contributed by atoms with E-state index in [9.17, 15) is 9.90 Å². The molecule has 1 aromatic carbocycles. The topological polar surface area (TPSA) is 49.8 Å². The van der Waals surface area contributed by atoms with Crippen molar-refractivity contribution in [2.24, 2.45) is 0 Å². The Kier molecular flexibility index (Phi) is 2.79. The maximum atomic E-state index is 11.5. The molecule has 2 rings (SSSR count). The quantitative estimate of drug-likeness (QED) is 0.789. The van der Waals surface area contributed by atoms with Crippen LogP contribution in [0.15, 0.2) is 18.2 Å². The van der Waals surface area contributed by atoms with Gasteiger partial charge in [0.05, 0.1) is 12.3 Å². The van der Waals surface area contributed by atoms with Gasteiger partial charge in [0.1, 0.15) is 12.4 Å². The van der Waals surface area contributed by atoms with E-state index < -0.39 is 0 Å². The van der Waals surface area contributed by atoms with Gasteiger partial charge < -0.3 is 14.7 Å². The zero-order chi connectivity index (χ0) is 10.8. The number of morpholine rings is 1. The van der Waals surface area contributed by atoms with Gasteiger partial charge in [-0.05, 0) is 18.2 Å². The Morgan fingerprint density at radius 1 is 1.47 bits per heavy atom. The van der Waals surface area contributed by atoms with Crippen LogP contribution in [0.2, 0.25) is 5.02 Å². The molecule has 1 heterocycles. The summed E-state index contributed by atoms with van der Waals surface area (Å²) in [5.74, 6) is -0.117. The minimum atomic E-state index is -0.168. The molecule has 15 heavy (non-hydrogen) atoms. The third-order valence-corrected chi connectivity index (χ3v) is 2.45. The average molecular weight is 228 g/mol. The average Bonchev–Trinajstić information content (AvgIpc) is 2.23. The predicted molar refractivity (Wildman–Crippen MR) is 56.3 cm³/mol. The first-order valence-corrected chi connectivity index (χ1v) is 4.93. The van der Waals surface area contributed by atoms with Crippen LogP contribution in [0.3, 0.4) is 0 Å². The highest BCUT2D eigenvalue weighted by Crippen LogP contribution is 2.30. The SMILES string of the molecule is O=C1COCCN1c1cc(Cl)ccc1O. The zero-order valence-electron chi connectivity index (χ0n) is 7.94. The van der Waals surface area contributed by atoms with Crippen molar-refractivity contribution < 1.29 is 14.6 Å². The number of amides is 1. The van der Waals surface area contributed by atoms with Crippen LogP contribution in [-0.2, 0) is 9.53 Å². The van der Waals surface area contributed by atoms with E-state index in [1.54, 1.807) is 12.1 Å². The number of phenolic OH excluding ortho intramolecular Hbond substituents is 1. The molecule has 0 atom stereocenters. The molecule has 0 saturated carbocycles. The van der Waals surface area contributed by atoms with E-state index in [4.69, 9.17) is 16.3 Å². The summed E-state index contributed by atoms with van der Waals surface area (Å²) in [4.78, 5) is 13.0. The number of rotatable bonds is 1. The number of nitrogens with zero attached hydrogens (tertiary/aromatic N) is 1. The molecule has 1 fully saturated rings. The Labute approximate surface area is 92.0 Å². The standard InChI is InChI=1S/C10H10ClNO3/c11-7-1-2-9(13)8(5-7)12-3-4-15-6-10(12)14/h1-2,5,13H,3-4,6H2. The highest BCUT2D eigenvalue weighted by atomic mass is 35.5. The second-order valence-electron chi connectivity index (χ2n) is 3.23. The third kappa shape index (κ3) is 2.06. The number of hydrogen-bond donors (Lipinski definition) is 1. The Balaban J connectivity index is 2.34. The molecule has 0 unspecified atom stereocenters. The van der Waals surface area contributed by atoms with Crippen LogP contribution in [-0.4, -0.2) is 30.8 Å². The molecule has 4 nitrogen and oxygen atoms in total. The molecule has 1 aliphatic rings. The van der Waals surface area contributed by atoms with Crippen LogP contribution in [0, 0.1) is 0 Å². The summed E-state index contributed by atoms with van der Waals surface area (Å²) in [7, 11) is 0. The highest BCUT2D eigenvalue weighted by molar-refractivity contribution is 6.31. The summed E-state index contributed by atoms with van der Waals surface area (Å²) in [6.45, 7) is 0.955. The smallest absolute Gasteiger partial charge is 0.253 e. The molecule has 1 aliphatic heterocycles. The van der Waals surface area contributed by atoms with E-state index in [-0.39, 0.29) is 18.3 Å². The van der Waals surface area contributed by atoms with Gasteiger partial charge in [-0.15, -0.1) is 0 Å². The Morgan fingerprint density at radius 3 is 3.00 bits per heavy atom. The number of anilines is 1. The highest BCUT2D eigenvalue weighted by Gasteiger charge is 2.22. The fourth-order valence-electron chi connectivity index (χ4n) is 1.49. The largest absolute Gasteiger partial charge is 0.506 e. The second-order valence-corrected chi connectivity index (χ2v) is 3.67. The van der Waals surface area contributed by atoms with Crippen molar-refractivity contribution in [1.82, 2.24) is 0 Å². The van der Waals surface area contributed by atoms with E-state index >= 15 is 0 Å². The van der Waals surface area contributed by atoms with Crippen LogP contribution < -0.4 is 4.90 Å². The summed E-state index contributed by atoms with van der Waals surface area (Å²) in [6, 6.07) is 4.62. The molecule has 5 heteroatoms. The summed E-state index contributed by atoms with van der Waals surface area (Å²) in [5, 5.41) is 10.1. The lowest BCUT2D eigenvalue weighted by Crippen LogP contribution is -2.41. The monoisotopic (exact) mass is 227 g/mol. The molecule has 0 aromatic heterocycles. The van der Waals surface area contributed by atoms with Gasteiger partial charge in [0.25, 0.3) is 5.91 Å². The first kappa shape index (κ1) is 10.3. The van der Waals surface area contributed by atoms with Gasteiger partial charge in [-0.3, -0.25) is 4.79 Å². The fourth-order valence-corrected chi connectivity index (χ4v) is 1.65. The van der Waals surface area contributed by atoms with Crippen molar-refractivity contribution in [3.63, 3.8) is 0 Å². The van der Waals surface area contributed by atoms with Gasteiger partial charge in [0.15, 0.2) is 0 Å². The Bertz CT molecular complexity index is 394. The van der Waals surface area contributed by atoms with Crippen molar-refractivity contribution in [3.05, 3.63) is 23.2 Å². The summed E-state index contributed by atoms with van der Waals surface area (Å²) in [5.41, 5.74) is 0.441. The van der Waals surface area contributed by atoms with Gasteiger partial charge in [0, 0.05) is 11.6 Å². The molecule has 1 saturated heterocycles. The molecule has 80 valence electrons. The lowest BCUT2D eigenvalue weighted by Gasteiger charge is -2.27. The maximum Gasteiger partial charge on any atom is 0.253 e. The van der Waals surface area contributed by atoms with Gasteiger partial charge in [-0.2, -0.15) is 0 Å². The van der Waals surface area contributed by atoms with Crippen LogP contribution in [0.1, 0.15) is 0 Å². The minimum Gasteiger partial charge on any atom is -0.506 e. The molecule has 0 aliphatic carbocycles. The molecule has 0 bridgehead atoms. The van der Waals surface area contributed by atoms with Gasteiger partial charge in [-0.25, -0.2) is 0 Å². The number of carbonyl (C=O) groups excluding carboxylic acids is 1. The normalized spacial score (nSPS) is 16.9. The van der Waals surface area contributed by atoms with E-state index in [0.29, 0.717) is 23.9 Å². The van der Waals surface area contributed by atoms with Crippen LogP contribution in [0.5, 0.6) is 5.75 Å². The van der Waals surface area contributed by atoms with Crippen molar-refractivity contribution in [2.45, 2.75) is 0 Å². The number of phenols is 1. The first-order chi connectivity index (χ1) is 7.18. The number of benzene rings is 1. The first-order valence-electron chi connectivity index (χ1n) is 4.55. The van der Waals surface area contributed by atoms with Crippen LogP contribution >= 0.6 is 11.6 Å². The number of halogens is 1. The minimum absolute atomic E-state index is 0.0476.